The molecule has 0 aromatic carbocycles. The Hall–Kier alpha value is -0.660. The number of carbonyl (C=O) groups excluding carboxylic acids is 2. The smallest absolute Gasteiger partial charge is 0.134 e. The summed E-state index contributed by atoms with van der Waals surface area (Å²) in [5.74, 6) is 0.832. The van der Waals surface area contributed by atoms with Crippen molar-refractivity contribution in [2.24, 2.45) is 10.8 Å². The zero-order chi connectivity index (χ0) is 9.81. The molecule has 0 saturated heterocycles. The van der Waals surface area contributed by atoms with E-state index in [4.69, 9.17) is 0 Å². The number of hydrogen-bond donors (Lipinski definition) is 0. The highest BCUT2D eigenvalue weighted by Gasteiger charge is 2.63. The summed E-state index contributed by atoms with van der Waals surface area (Å²) in [6.45, 7) is 0. The van der Waals surface area contributed by atoms with Crippen molar-refractivity contribution >= 4 is 11.6 Å². The van der Waals surface area contributed by atoms with E-state index in [2.05, 4.69) is 0 Å². The van der Waals surface area contributed by atoms with Crippen molar-refractivity contribution in [1.82, 2.24) is 0 Å². The highest BCUT2D eigenvalue weighted by molar-refractivity contribution is 5.91. The fraction of sp³-hybridized carbons (Fsp3) is 0.833. The second-order valence-electron chi connectivity index (χ2n) is 5.55. The first-order valence-electron chi connectivity index (χ1n) is 5.69. The van der Waals surface area contributed by atoms with Crippen molar-refractivity contribution in [2.45, 2.75) is 51.4 Å². The van der Waals surface area contributed by atoms with Gasteiger partial charge in [-0.05, 0) is 23.7 Å². The van der Waals surface area contributed by atoms with Crippen molar-refractivity contribution in [1.29, 1.82) is 0 Å². The van der Waals surface area contributed by atoms with Crippen LogP contribution in [0, 0.1) is 10.8 Å². The number of rotatable bonds is 0. The minimum absolute atomic E-state index is 0.124. The quantitative estimate of drug-likeness (QED) is 0.590. The van der Waals surface area contributed by atoms with Gasteiger partial charge in [-0.1, -0.05) is 12.8 Å². The van der Waals surface area contributed by atoms with Crippen molar-refractivity contribution < 1.29 is 9.59 Å². The first-order chi connectivity index (χ1) is 6.66. The minimum Gasteiger partial charge on any atom is -0.300 e. The van der Waals surface area contributed by atoms with Crippen LogP contribution in [-0.4, -0.2) is 11.6 Å². The lowest BCUT2D eigenvalue weighted by atomic mass is 9.60. The van der Waals surface area contributed by atoms with E-state index in [9.17, 15) is 9.59 Å². The van der Waals surface area contributed by atoms with Crippen LogP contribution >= 0.6 is 0 Å². The molecule has 0 heterocycles. The fourth-order valence-electron chi connectivity index (χ4n) is 4.32. The van der Waals surface area contributed by atoms with Crippen LogP contribution in [-0.2, 0) is 9.59 Å². The van der Waals surface area contributed by atoms with Gasteiger partial charge >= 0.3 is 0 Å². The van der Waals surface area contributed by atoms with Gasteiger partial charge < -0.3 is 0 Å². The molecule has 0 atom stereocenters. The number of carbonyl (C=O) groups is 2. The molecule has 0 bridgehead atoms. The van der Waals surface area contributed by atoms with E-state index in [-0.39, 0.29) is 10.8 Å². The van der Waals surface area contributed by atoms with E-state index >= 15 is 0 Å². The first-order valence-corrected chi connectivity index (χ1v) is 5.69. The van der Waals surface area contributed by atoms with Crippen LogP contribution in [0.5, 0.6) is 0 Å². The molecule has 0 radical (unpaired) electrons. The molecule has 0 aromatic rings. The molecular formula is C12H16O2. The van der Waals surface area contributed by atoms with Crippen LogP contribution < -0.4 is 0 Å². The summed E-state index contributed by atoms with van der Waals surface area (Å²) in [5, 5.41) is 0. The Morgan fingerprint density at radius 2 is 1.07 bits per heavy atom. The van der Waals surface area contributed by atoms with E-state index in [0.717, 1.165) is 12.8 Å². The van der Waals surface area contributed by atoms with Crippen molar-refractivity contribution in [3.63, 3.8) is 0 Å². The third-order valence-electron chi connectivity index (χ3n) is 4.83. The average molecular weight is 192 g/mol. The van der Waals surface area contributed by atoms with Gasteiger partial charge in [-0.2, -0.15) is 0 Å². The van der Waals surface area contributed by atoms with Crippen LogP contribution in [0.1, 0.15) is 51.4 Å². The highest BCUT2D eigenvalue weighted by Crippen LogP contribution is 2.67. The Morgan fingerprint density at radius 3 is 1.43 bits per heavy atom. The summed E-state index contributed by atoms with van der Waals surface area (Å²) in [6.07, 6.45) is 7.54. The molecule has 0 unspecified atom stereocenters. The van der Waals surface area contributed by atoms with Gasteiger partial charge in [0, 0.05) is 25.7 Å². The average Bonchev–Trinajstić information content (AvgIpc) is 2.49. The minimum atomic E-state index is 0.124. The number of Topliss-reactive ketones (excluding diaryl/α,β-unsaturated/α-hetero) is 2. The summed E-state index contributed by atoms with van der Waals surface area (Å²) < 4.78 is 0. The summed E-state index contributed by atoms with van der Waals surface area (Å²) >= 11 is 0. The second kappa shape index (κ2) is 2.47. The van der Waals surface area contributed by atoms with Crippen molar-refractivity contribution in [3.05, 3.63) is 0 Å². The SMILES string of the molecule is O=C1CC23CCCCC2(C1)CC(=O)C3. The summed E-state index contributed by atoms with van der Waals surface area (Å²) in [6, 6.07) is 0. The zero-order valence-corrected chi connectivity index (χ0v) is 8.47. The monoisotopic (exact) mass is 192 g/mol. The predicted octanol–water partition coefficient (Wildman–Crippen LogP) is 2.26. The molecule has 2 nitrogen and oxygen atoms in total. The van der Waals surface area contributed by atoms with E-state index < -0.39 is 0 Å². The van der Waals surface area contributed by atoms with Crippen LogP contribution in [0.4, 0.5) is 0 Å². The molecule has 0 aliphatic heterocycles. The summed E-state index contributed by atoms with van der Waals surface area (Å²) in [7, 11) is 0. The molecule has 3 aliphatic carbocycles. The molecule has 76 valence electrons. The maximum absolute atomic E-state index is 11.6. The third-order valence-corrected chi connectivity index (χ3v) is 4.83. The highest BCUT2D eigenvalue weighted by atomic mass is 16.1. The molecule has 0 amide bonds. The molecule has 3 aliphatic rings. The van der Waals surface area contributed by atoms with Crippen molar-refractivity contribution in [3.8, 4) is 0 Å². The van der Waals surface area contributed by atoms with Gasteiger partial charge in [0.15, 0.2) is 0 Å². The lowest BCUT2D eigenvalue weighted by molar-refractivity contribution is -0.120. The standard InChI is InChI=1S/C12H16O2/c13-9-5-11-3-1-2-4-12(11,7-9)8-10(14)6-11/h1-8H2. The molecule has 3 fully saturated rings. The third kappa shape index (κ3) is 0.870. The predicted molar refractivity (Wildman–Crippen MR) is 51.8 cm³/mol. The van der Waals surface area contributed by atoms with Crippen LogP contribution in [0.3, 0.4) is 0 Å². The Bertz CT molecular complexity index is 268. The maximum Gasteiger partial charge on any atom is 0.134 e. The molecule has 0 aromatic heterocycles. The summed E-state index contributed by atoms with van der Waals surface area (Å²) in [4.78, 5) is 23.2. The Kier molecular flexibility index (Phi) is 1.52. The van der Waals surface area contributed by atoms with E-state index in [1.54, 1.807) is 0 Å². The Balaban J connectivity index is 2.06. The van der Waals surface area contributed by atoms with Gasteiger partial charge in [-0.15, -0.1) is 0 Å². The van der Waals surface area contributed by atoms with Crippen LogP contribution in [0.15, 0.2) is 0 Å². The molecule has 0 N–H and O–H groups in total. The van der Waals surface area contributed by atoms with Gasteiger partial charge in [0.2, 0.25) is 0 Å². The molecule has 0 spiro atoms. The second-order valence-corrected chi connectivity index (χ2v) is 5.55. The van der Waals surface area contributed by atoms with Gasteiger partial charge in [0.25, 0.3) is 0 Å². The lowest BCUT2D eigenvalue weighted by Crippen LogP contribution is -2.35. The Labute approximate surface area is 84.1 Å². The van der Waals surface area contributed by atoms with Crippen molar-refractivity contribution in [2.75, 3.05) is 0 Å². The molecule has 2 heteroatoms. The number of ketones is 2. The molecule has 3 rings (SSSR count). The van der Waals surface area contributed by atoms with Gasteiger partial charge in [0.05, 0.1) is 0 Å². The van der Waals surface area contributed by atoms with Crippen LogP contribution in [0.25, 0.3) is 0 Å². The van der Waals surface area contributed by atoms with Gasteiger partial charge in [-0.3, -0.25) is 9.59 Å². The first kappa shape index (κ1) is 8.63. The largest absolute Gasteiger partial charge is 0.300 e. The van der Waals surface area contributed by atoms with Crippen LogP contribution in [0.2, 0.25) is 0 Å². The number of hydrogen-bond acceptors (Lipinski definition) is 2. The normalized spacial score (nSPS) is 46.6. The Morgan fingerprint density at radius 1 is 0.714 bits per heavy atom. The molecule has 3 saturated carbocycles. The zero-order valence-electron chi connectivity index (χ0n) is 8.47. The molecule has 14 heavy (non-hydrogen) atoms. The molecular weight excluding hydrogens is 176 g/mol. The van der Waals surface area contributed by atoms with Gasteiger partial charge in [-0.25, -0.2) is 0 Å². The van der Waals surface area contributed by atoms with E-state index in [0.29, 0.717) is 37.2 Å². The topological polar surface area (TPSA) is 34.1 Å². The maximum atomic E-state index is 11.6. The lowest BCUT2D eigenvalue weighted by Gasteiger charge is -2.43. The van der Waals surface area contributed by atoms with E-state index in [1.165, 1.54) is 12.8 Å². The fourth-order valence-corrected chi connectivity index (χ4v) is 4.32. The summed E-state index contributed by atoms with van der Waals surface area (Å²) in [5.41, 5.74) is 0.249. The van der Waals surface area contributed by atoms with E-state index in [1.807, 2.05) is 0 Å². The van der Waals surface area contributed by atoms with Gasteiger partial charge in [0.1, 0.15) is 11.6 Å².